The van der Waals surface area contributed by atoms with Crippen molar-refractivity contribution in [1.29, 1.82) is 0 Å². The molecule has 1 aromatic carbocycles. The van der Waals surface area contributed by atoms with Crippen LogP contribution in [0.2, 0.25) is 0 Å². The van der Waals surface area contributed by atoms with Crippen LogP contribution in [-0.4, -0.2) is 41.0 Å². The maximum Gasteiger partial charge on any atom is 0.254 e. The number of hydrogen-bond acceptors (Lipinski definition) is 4. The van der Waals surface area contributed by atoms with Gasteiger partial charge >= 0.3 is 0 Å². The molecule has 1 atom stereocenters. The minimum absolute atomic E-state index is 0.0390. The standard InChI is InChI=1S/C14H19N3O3/c1-9(14(20)17-6-2-3-7-17)16-13(19)11-8-10(18)4-5-12(11)15/h4-5,8-9,18H,2-3,6-7,15H2,1H3,(H,16,19). The van der Waals surface area contributed by atoms with Crippen molar-refractivity contribution in [1.82, 2.24) is 10.2 Å². The summed E-state index contributed by atoms with van der Waals surface area (Å²) in [5.41, 5.74) is 6.13. The number of rotatable bonds is 3. The summed E-state index contributed by atoms with van der Waals surface area (Å²) in [5.74, 6) is -0.587. The summed E-state index contributed by atoms with van der Waals surface area (Å²) in [6, 6.07) is 3.54. The van der Waals surface area contributed by atoms with Crippen LogP contribution in [0.1, 0.15) is 30.1 Å². The molecule has 0 radical (unpaired) electrons. The fourth-order valence-electron chi connectivity index (χ4n) is 2.29. The van der Waals surface area contributed by atoms with E-state index in [9.17, 15) is 14.7 Å². The lowest BCUT2D eigenvalue weighted by Crippen LogP contribution is -2.46. The number of nitrogen functional groups attached to an aromatic ring is 1. The van der Waals surface area contributed by atoms with E-state index in [4.69, 9.17) is 5.73 Å². The van der Waals surface area contributed by atoms with Gasteiger partial charge < -0.3 is 21.1 Å². The minimum atomic E-state index is -0.609. The largest absolute Gasteiger partial charge is 0.508 e. The molecular formula is C14H19N3O3. The van der Waals surface area contributed by atoms with Gasteiger partial charge in [0.05, 0.1) is 5.56 Å². The van der Waals surface area contributed by atoms with E-state index < -0.39 is 11.9 Å². The van der Waals surface area contributed by atoms with Gasteiger partial charge in [0.15, 0.2) is 0 Å². The summed E-state index contributed by atoms with van der Waals surface area (Å²) < 4.78 is 0. The second-order valence-corrected chi connectivity index (χ2v) is 5.00. The summed E-state index contributed by atoms with van der Waals surface area (Å²) in [6.45, 7) is 3.14. The molecule has 6 nitrogen and oxygen atoms in total. The van der Waals surface area contributed by atoms with E-state index in [1.165, 1.54) is 18.2 Å². The van der Waals surface area contributed by atoms with Crippen molar-refractivity contribution in [3.8, 4) is 5.75 Å². The number of aromatic hydroxyl groups is 1. The van der Waals surface area contributed by atoms with E-state index in [0.717, 1.165) is 25.9 Å². The smallest absolute Gasteiger partial charge is 0.254 e. The zero-order chi connectivity index (χ0) is 14.7. The van der Waals surface area contributed by atoms with E-state index in [-0.39, 0.29) is 22.9 Å². The van der Waals surface area contributed by atoms with Crippen LogP contribution in [0.15, 0.2) is 18.2 Å². The lowest BCUT2D eigenvalue weighted by Gasteiger charge is -2.21. The van der Waals surface area contributed by atoms with Crippen molar-refractivity contribution in [2.75, 3.05) is 18.8 Å². The maximum atomic E-state index is 12.1. The van der Waals surface area contributed by atoms with E-state index in [1.54, 1.807) is 11.8 Å². The monoisotopic (exact) mass is 277 g/mol. The van der Waals surface area contributed by atoms with E-state index in [1.807, 2.05) is 0 Å². The lowest BCUT2D eigenvalue weighted by molar-refractivity contribution is -0.131. The predicted molar refractivity (Wildman–Crippen MR) is 75.3 cm³/mol. The molecule has 4 N–H and O–H groups in total. The highest BCUT2D eigenvalue weighted by molar-refractivity contribution is 6.01. The second-order valence-electron chi connectivity index (χ2n) is 5.00. The Bertz CT molecular complexity index is 524. The van der Waals surface area contributed by atoms with Gasteiger partial charge in [0.1, 0.15) is 11.8 Å². The topological polar surface area (TPSA) is 95.7 Å². The molecule has 1 aromatic rings. The van der Waals surface area contributed by atoms with E-state index >= 15 is 0 Å². The van der Waals surface area contributed by atoms with Gasteiger partial charge in [-0.15, -0.1) is 0 Å². The van der Waals surface area contributed by atoms with Crippen molar-refractivity contribution < 1.29 is 14.7 Å². The van der Waals surface area contributed by atoms with Gasteiger partial charge in [-0.3, -0.25) is 9.59 Å². The van der Waals surface area contributed by atoms with Gasteiger partial charge in [-0.1, -0.05) is 0 Å². The Kier molecular flexibility index (Phi) is 4.12. The summed E-state index contributed by atoms with van der Waals surface area (Å²) in [4.78, 5) is 25.9. The Morgan fingerprint density at radius 2 is 2.00 bits per heavy atom. The lowest BCUT2D eigenvalue weighted by atomic mass is 10.1. The molecule has 0 saturated carbocycles. The van der Waals surface area contributed by atoms with Crippen LogP contribution in [0.4, 0.5) is 5.69 Å². The van der Waals surface area contributed by atoms with Gasteiger partial charge in [-0.2, -0.15) is 0 Å². The molecule has 1 unspecified atom stereocenters. The number of benzene rings is 1. The van der Waals surface area contributed by atoms with Gasteiger partial charge in [0, 0.05) is 18.8 Å². The van der Waals surface area contributed by atoms with Crippen LogP contribution in [0.3, 0.4) is 0 Å². The molecule has 1 aliphatic heterocycles. The summed E-state index contributed by atoms with van der Waals surface area (Å²) in [5, 5.41) is 12.0. The Morgan fingerprint density at radius 3 is 2.65 bits per heavy atom. The number of nitrogens with one attached hydrogen (secondary N) is 1. The van der Waals surface area contributed by atoms with Gasteiger partial charge in [0.25, 0.3) is 5.91 Å². The first-order valence-electron chi connectivity index (χ1n) is 6.67. The minimum Gasteiger partial charge on any atom is -0.508 e. The number of carbonyl (C=O) groups is 2. The Hall–Kier alpha value is -2.24. The molecule has 6 heteroatoms. The van der Waals surface area contributed by atoms with E-state index in [2.05, 4.69) is 5.32 Å². The third kappa shape index (κ3) is 3.01. The van der Waals surface area contributed by atoms with Crippen molar-refractivity contribution in [3.63, 3.8) is 0 Å². The third-order valence-electron chi connectivity index (χ3n) is 3.42. The predicted octanol–water partition coefficient (Wildman–Crippen LogP) is 0.715. The number of anilines is 1. The highest BCUT2D eigenvalue weighted by atomic mass is 16.3. The number of phenolic OH excluding ortho intramolecular Hbond substituents is 1. The van der Waals surface area contributed by atoms with Gasteiger partial charge in [-0.05, 0) is 38.0 Å². The Balaban J connectivity index is 2.03. The molecule has 0 aliphatic carbocycles. The molecule has 1 aliphatic rings. The van der Waals surface area contributed by atoms with Crippen molar-refractivity contribution in [2.24, 2.45) is 0 Å². The Labute approximate surface area is 117 Å². The van der Waals surface area contributed by atoms with E-state index in [0.29, 0.717) is 0 Å². The van der Waals surface area contributed by atoms with Gasteiger partial charge in [0.2, 0.25) is 5.91 Å². The molecule has 0 aromatic heterocycles. The van der Waals surface area contributed by atoms with Crippen molar-refractivity contribution >= 4 is 17.5 Å². The zero-order valence-electron chi connectivity index (χ0n) is 11.4. The van der Waals surface area contributed by atoms with Crippen LogP contribution < -0.4 is 11.1 Å². The molecule has 1 saturated heterocycles. The molecule has 2 amide bonds. The van der Waals surface area contributed by atoms with Crippen LogP contribution >= 0.6 is 0 Å². The highest BCUT2D eigenvalue weighted by Gasteiger charge is 2.25. The normalized spacial score (nSPS) is 15.9. The molecule has 20 heavy (non-hydrogen) atoms. The Morgan fingerprint density at radius 1 is 1.35 bits per heavy atom. The average Bonchev–Trinajstić information content (AvgIpc) is 2.94. The van der Waals surface area contributed by atoms with Crippen LogP contribution in [0, 0.1) is 0 Å². The quantitative estimate of drug-likeness (QED) is 0.560. The fraction of sp³-hybridized carbons (Fsp3) is 0.429. The highest BCUT2D eigenvalue weighted by Crippen LogP contribution is 2.18. The molecule has 108 valence electrons. The van der Waals surface area contributed by atoms with Crippen molar-refractivity contribution in [2.45, 2.75) is 25.8 Å². The molecule has 1 fully saturated rings. The maximum absolute atomic E-state index is 12.1. The number of phenols is 1. The molecular weight excluding hydrogens is 258 g/mol. The number of hydrogen-bond donors (Lipinski definition) is 3. The zero-order valence-corrected chi connectivity index (χ0v) is 11.4. The summed E-state index contributed by atoms with van der Waals surface area (Å²) >= 11 is 0. The number of likely N-dealkylation sites (tertiary alicyclic amines) is 1. The van der Waals surface area contributed by atoms with Crippen LogP contribution in [0.5, 0.6) is 5.75 Å². The first kappa shape index (κ1) is 14.2. The summed E-state index contributed by atoms with van der Waals surface area (Å²) in [6.07, 6.45) is 2.01. The molecule has 0 bridgehead atoms. The van der Waals surface area contributed by atoms with Crippen molar-refractivity contribution in [3.05, 3.63) is 23.8 Å². The SMILES string of the molecule is CC(NC(=O)c1cc(O)ccc1N)C(=O)N1CCCC1. The number of carbonyl (C=O) groups excluding carboxylic acids is 2. The summed E-state index contributed by atoms with van der Waals surface area (Å²) in [7, 11) is 0. The van der Waals surface area contributed by atoms with Gasteiger partial charge in [-0.25, -0.2) is 0 Å². The average molecular weight is 277 g/mol. The third-order valence-corrected chi connectivity index (χ3v) is 3.42. The molecule has 1 heterocycles. The number of amides is 2. The first-order valence-corrected chi connectivity index (χ1v) is 6.67. The first-order chi connectivity index (χ1) is 9.49. The number of nitrogens with two attached hydrogens (primary N) is 1. The fourth-order valence-corrected chi connectivity index (χ4v) is 2.29. The van der Waals surface area contributed by atoms with Crippen LogP contribution in [0.25, 0.3) is 0 Å². The molecule has 0 spiro atoms. The second kappa shape index (κ2) is 5.81. The van der Waals surface area contributed by atoms with Crippen LogP contribution in [-0.2, 0) is 4.79 Å². The molecule has 2 rings (SSSR count). The number of nitrogens with zero attached hydrogens (tertiary/aromatic N) is 1.